The topological polar surface area (TPSA) is 50.4 Å². The Morgan fingerprint density at radius 2 is 2.12 bits per heavy atom. The van der Waals surface area contributed by atoms with Gasteiger partial charge in [-0.2, -0.15) is 13.2 Å². The van der Waals surface area contributed by atoms with Crippen LogP contribution in [0.2, 0.25) is 0 Å². The van der Waals surface area contributed by atoms with E-state index in [1.54, 1.807) is 6.92 Å². The van der Waals surface area contributed by atoms with Crippen LogP contribution in [0.25, 0.3) is 0 Å². The number of rotatable bonds is 7. The Kier molecular flexibility index (Phi) is 5.20. The van der Waals surface area contributed by atoms with E-state index in [2.05, 4.69) is 15.4 Å². The van der Waals surface area contributed by atoms with Gasteiger partial charge >= 0.3 is 6.18 Å². The third kappa shape index (κ3) is 7.17. The molecule has 0 aromatic carbocycles. The lowest BCUT2D eigenvalue weighted by molar-refractivity contribution is -0.173. The minimum Gasteiger partial charge on any atom is -0.371 e. The number of halogens is 3. The van der Waals surface area contributed by atoms with E-state index in [1.807, 2.05) is 0 Å². The summed E-state index contributed by atoms with van der Waals surface area (Å²) < 4.78 is 39.5. The smallest absolute Gasteiger partial charge is 0.371 e. The molecule has 0 spiro atoms. The fraction of sp³-hybridized carbons (Fsp3) is 0.900. The molecule has 1 amide bonds. The summed E-state index contributed by atoms with van der Waals surface area (Å²) in [5, 5.41) is 5.59. The summed E-state index contributed by atoms with van der Waals surface area (Å²) in [6.45, 7) is 0.564. The van der Waals surface area contributed by atoms with Crippen molar-refractivity contribution in [1.29, 1.82) is 0 Å². The molecule has 17 heavy (non-hydrogen) atoms. The lowest BCUT2D eigenvalue weighted by Crippen LogP contribution is -2.44. The molecular weight excluding hydrogens is 237 g/mol. The van der Waals surface area contributed by atoms with Gasteiger partial charge in [0.15, 0.2) is 0 Å². The molecule has 1 aliphatic rings. The fourth-order valence-electron chi connectivity index (χ4n) is 1.18. The Hall–Kier alpha value is -0.820. The first-order chi connectivity index (χ1) is 7.88. The van der Waals surface area contributed by atoms with Gasteiger partial charge in [0.2, 0.25) is 5.91 Å². The van der Waals surface area contributed by atoms with Crippen molar-refractivity contribution in [3.63, 3.8) is 0 Å². The van der Waals surface area contributed by atoms with Gasteiger partial charge < -0.3 is 15.4 Å². The van der Waals surface area contributed by atoms with Crippen LogP contribution in [0.1, 0.15) is 19.8 Å². The molecule has 1 aliphatic carbocycles. The predicted molar refractivity (Wildman–Crippen MR) is 55.5 cm³/mol. The molecule has 0 heterocycles. The highest BCUT2D eigenvalue weighted by atomic mass is 19.4. The maximum absolute atomic E-state index is 11.7. The highest BCUT2D eigenvalue weighted by molar-refractivity contribution is 5.81. The van der Waals surface area contributed by atoms with Crippen LogP contribution in [-0.4, -0.2) is 43.9 Å². The van der Waals surface area contributed by atoms with Gasteiger partial charge in [0.25, 0.3) is 0 Å². The van der Waals surface area contributed by atoms with Crippen LogP contribution < -0.4 is 10.6 Å². The average Bonchev–Trinajstić information content (AvgIpc) is 2.99. The third-order valence-corrected chi connectivity index (χ3v) is 2.28. The molecule has 0 saturated heterocycles. The zero-order valence-electron chi connectivity index (χ0n) is 9.64. The zero-order valence-corrected chi connectivity index (χ0v) is 9.64. The number of carbonyl (C=O) groups is 1. The van der Waals surface area contributed by atoms with Crippen LogP contribution in [-0.2, 0) is 9.53 Å². The van der Waals surface area contributed by atoms with E-state index in [9.17, 15) is 18.0 Å². The second-order valence-corrected chi connectivity index (χ2v) is 4.13. The van der Waals surface area contributed by atoms with Crippen molar-refractivity contribution >= 4 is 5.91 Å². The number of hydrogen-bond acceptors (Lipinski definition) is 3. The van der Waals surface area contributed by atoms with Crippen molar-refractivity contribution < 1.29 is 22.7 Å². The molecule has 1 saturated carbocycles. The number of alkyl halides is 3. The number of ether oxygens (including phenoxy) is 1. The first-order valence-electron chi connectivity index (χ1n) is 5.57. The van der Waals surface area contributed by atoms with Gasteiger partial charge in [0, 0.05) is 12.6 Å². The lowest BCUT2D eigenvalue weighted by atomic mass is 10.3. The van der Waals surface area contributed by atoms with Crippen LogP contribution in [0.4, 0.5) is 13.2 Å². The van der Waals surface area contributed by atoms with Gasteiger partial charge in [-0.1, -0.05) is 0 Å². The summed E-state index contributed by atoms with van der Waals surface area (Å²) >= 11 is 0. The maximum atomic E-state index is 11.7. The lowest BCUT2D eigenvalue weighted by Gasteiger charge is -2.14. The van der Waals surface area contributed by atoms with Crippen molar-refractivity contribution in [2.45, 2.75) is 38.0 Å². The van der Waals surface area contributed by atoms with Gasteiger partial charge in [0.1, 0.15) is 6.61 Å². The average molecular weight is 254 g/mol. The number of hydrogen-bond donors (Lipinski definition) is 2. The predicted octanol–water partition coefficient (Wildman–Crippen LogP) is 0.822. The number of nitrogens with one attached hydrogen (secondary N) is 2. The third-order valence-electron chi connectivity index (χ3n) is 2.28. The van der Waals surface area contributed by atoms with E-state index in [-0.39, 0.29) is 25.1 Å². The Morgan fingerprint density at radius 1 is 1.47 bits per heavy atom. The van der Waals surface area contributed by atoms with Gasteiger partial charge in [-0.3, -0.25) is 4.79 Å². The maximum Gasteiger partial charge on any atom is 0.411 e. The van der Waals surface area contributed by atoms with E-state index < -0.39 is 18.8 Å². The second kappa shape index (κ2) is 6.20. The van der Waals surface area contributed by atoms with Gasteiger partial charge in [-0.05, 0) is 19.8 Å². The largest absolute Gasteiger partial charge is 0.411 e. The van der Waals surface area contributed by atoms with Crippen LogP contribution >= 0.6 is 0 Å². The van der Waals surface area contributed by atoms with Crippen LogP contribution in [0.5, 0.6) is 0 Å². The minimum absolute atomic E-state index is 0.0689. The number of amides is 1. The van der Waals surface area contributed by atoms with Crippen LogP contribution in [0.15, 0.2) is 0 Å². The molecule has 1 atom stereocenters. The Labute approximate surface area is 97.9 Å². The monoisotopic (exact) mass is 254 g/mol. The summed E-state index contributed by atoms with van der Waals surface area (Å²) in [6, 6.07) is -0.127. The summed E-state index contributed by atoms with van der Waals surface area (Å²) in [7, 11) is 0. The Balaban J connectivity index is 1.99. The molecule has 4 nitrogen and oxygen atoms in total. The summed E-state index contributed by atoms with van der Waals surface area (Å²) in [6.07, 6.45) is -2.28. The molecule has 2 N–H and O–H groups in total. The van der Waals surface area contributed by atoms with Crippen molar-refractivity contribution in [2.24, 2.45) is 0 Å². The molecule has 100 valence electrons. The van der Waals surface area contributed by atoms with E-state index in [1.165, 1.54) is 0 Å². The molecule has 0 radical (unpaired) electrons. The number of carbonyl (C=O) groups excluding carboxylic acids is 1. The van der Waals surface area contributed by atoms with Crippen molar-refractivity contribution in [1.82, 2.24) is 10.6 Å². The van der Waals surface area contributed by atoms with Crippen molar-refractivity contribution in [2.75, 3.05) is 19.8 Å². The Morgan fingerprint density at radius 3 is 2.65 bits per heavy atom. The molecule has 0 aliphatic heterocycles. The molecule has 1 fully saturated rings. The molecular formula is C10H17F3N2O2. The van der Waals surface area contributed by atoms with Crippen molar-refractivity contribution in [3.8, 4) is 0 Å². The zero-order chi connectivity index (χ0) is 12.9. The van der Waals surface area contributed by atoms with Crippen LogP contribution in [0.3, 0.4) is 0 Å². The molecule has 0 aromatic rings. The second-order valence-electron chi connectivity index (χ2n) is 4.13. The van der Waals surface area contributed by atoms with Crippen LogP contribution in [0, 0.1) is 0 Å². The van der Waals surface area contributed by atoms with Gasteiger partial charge in [0.05, 0.1) is 12.6 Å². The van der Waals surface area contributed by atoms with E-state index in [0.717, 1.165) is 12.8 Å². The minimum atomic E-state index is -4.30. The summed E-state index contributed by atoms with van der Waals surface area (Å²) in [5.74, 6) is -0.122. The van der Waals surface area contributed by atoms with Gasteiger partial charge in [-0.25, -0.2) is 0 Å². The molecule has 0 bridgehead atoms. The fourth-order valence-corrected chi connectivity index (χ4v) is 1.18. The highest BCUT2D eigenvalue weighted by Gasteiger charge is 2.27. The Bertz CT molecular complexity index is 254. The molecule has 1 rings (SSSR count). The van der Waals surface area contributed by atoms with Gasteiger partial charge in [-0.15, -0.1) is 0 Å². The van der Waals surface area contributed by atoms with E-state index in [0.29, 0.717) is 0 Å². The van der Waals surface area contributed by atoms with E-state index >= 15 is 0 Å². The summed E-state index contributed by atoms with van der Waals surface area (Å²) in [4.78, 5) is 11.4. The quantitative estimate of drug-likeness (QED) is 0.661. The first kappa shape index (κ1) is 14.2. The molecule has 7 heteroatoms. The summed E-state index contributed by atoms with van der Waals surface area (Å²) in [5.41, 5.74) is 0. The highest BCUT2D eigenvalue weighted by Crippen LogP contribution is 2.18. The SMILES string of the molecule is CC(NCCOCC(F)(F)F)C(=O)NC1CC1. The van der Waals surface area contributed by atoms with E-state index in [4.69, 9.17) is 0 Å². The standard InChI is InChI=1S/C10H17F3N2O2/c1-7(9(16)15-8-2-3-8)14-4-5-17-6-10(11,12)13/h7-8,14H,2-6H2,1H3,(H,15,16). The van der Waals surface area contributed by atoms with Crippen molar-refractivity contribution in [3.05, 3.63) is 0 Å². The normalized spacial score (nSPS) is 17.9. The molecule has 0 aromatic heterocycles. The molecule has 1 unspecified atom stereocenters. The first-order valence-corrected chi connectivity index (χ1v) is 5.57.